The predicted molar refractivity (Wildman–Crippen MR) is 89.9 cm³/mol. The first kappa shape index (κ1) is 18.6. The van der Waals surface area contributed by atoms with Gasteiger partial charge in [0.25, 0.3) is 0 Å². The third-order valence-corrected chi connectivity index (χ3v) is 5.62. The summed E-state index contributed by atoms with van der Waals surface area (Å²) in [5.74, 6) is -0.348. The number of nitrogens with one attached hydrogen (secondary N) is 1. The maximum atomic E-state index is 12.4. The van der Waals surface area contributed by atoms with Gasteiger partial charge in [-0.2, -0.15) is 9.57 Å². The number of sulfonamides is 1. The zero-order chi connectivity index (χ0) is 18.6. The molecule has 0 aliphatic heterocycles. The van der Waals surface area contributed by atoms with Gasteiger partial charge in [-0.3, -0.25) is 9.36 Å². The summed E-state index contributed by atoms with van der Waals surface area (Å²) >= 11 is 0. The molecule has 0 saturated carbocycles. The van der Waals surface area contributed by atoms with Gasteiger partial charge in [-0.1, -0.05) is 0 Å². The second kappa shape index (κ2) is 7.42. The molecule has 0 aliphatic rings. The van der Waals surface area contributed by atoms with E-state index in [1.54, 1.807) is 13.8 Å². The number of nitriles is 1. The second-order valence-electron chi connectivity index (χ2n) is 5.58. The number of hydrogen-bond acceptors (Lipinski definition) is 6. The number of rotatable bonds is 6. The molecule has 0 saturated heterocycles. The lowest BCUT2D eigenvalue weighted by Crippen LogP contribution is -2.33. The molecule has 0 unspecified atom stereocenters. The van der Waals surface area contributed by atoms with Gasteiger partial charge in [-0.15, -0.1) is 10.2 Å². The summed E-state index contributed by atoms with van der Waals surface area (Å²) in [5.41, 5.74) is 0.447. The van der Waals surface area contributed by atoms with Gasteiger partial charge in [-0.05, 0) is 38.1 Å². The highest BCUT2D eigenvalue weighted by molar-refractivity contribution is 7.89. The molecule has 1 aromatic carbocycles. The van der Waals surface area contributed by atoms with Gasteiger partial charge in [-0.25, -0.2) is 8.42 Å². The molecule has 2 rings (SSSR count). The van der Waals surface area contributed by atoms with Crippen LogP contribution in [0, 0.1) is 11.3 Å². The van der Waals surface area contributed by atoms with Crippen LogP contribution < -0.4 is 5.32 Å². The van der Waals surface area contributed by atoms with Crippen LogP contribution in [0.3, 0.4) is 0 Å². The molecule has 1 N–H and O–H groups in total. The molecule has 9 nitrogen and oxygen atoms in total. The number of aromatic nitrogens is 3. The van der Waals surface area contributed by atoms with E-state index in [4.69, 9.17) is 5.26 Å². The first-order chi connectivity index (χ1) is 11.8. The molecular weight excluding hydrogens is 344 g/mol. The van der Waals surface area contributed by atoms with Crippen molar-refractivity contribution in [3.8, 4) is 6.07 Å². The molecule has 0 radical (unpaired) electrons. The molecule has 0 bridgehead atoms. The van der Waals surface area contributed by atoms with Crippen molar-refractivity contribution in [1.82, 2.24) is 19.1 Å². The third-order valence-electron chi connectivity index (χ3n) is 3.57. The van der Waals surface area contributed by atoms with Crippen molar-refractivity contribution in [1.29, 1.82) is 5.26 Å². The maximum absolute atomic E-state index is 12.4. The van der Waals surface area contributed by atoms with Crippen molar-refractivity contribution in [3.63, 3.8) is 0 Å². The lowest BCUT2D eigenvalue weighted by molar-refractivity contribution is -0.116. The smallest absolute Gasteiger partial charge is 0.244 e. The molecule has 10 heteroatoms. The van der Waals surface area contributed by atoms with Crippen molar-refractivity contribution >= 4 is 21.6 Å². The van der Waals surface area contributed by atoms with E-state index in [9.17, 15) is 13.2 Å². The SMILES string of the molecule is CC(C)N(C)S(=O)(=O)c1ccc(NC(=O)Cn2cnnc2C#N)cc1. The van der Waals surface area contributed by atoms with Crippen molar-refractivity contribution in [2.24, 2.45) is 0 Å². The van der Waals surface area contributed by atoms with E-state index in [2.05, 4.69) is 15.5 Å². The van der Waals surface area contributed by atoms with E-state index in [0.29, 0.717) is 5.69 Å². The van der Waals surface area contributed by atoms with Gasteiger partial charge in [0, 0.05) is 18.8 Å². The highest BCUT2D eigenvalue weighted by Crippen LogP contribution is 2.19. The summed E-state index contributed by atoms with van der Waals surface area (Å²) in [6.07, 6.45) is 1.29. The fourth-order valence-electron chi connectivity index (χ4n) is 1.97. The minimum absolute atomic E-state index is 0.0355. The lowest BCUT2D eigenvalue weighted by atomic mass is 10.3. The van der Waals surface area contributed by atoms with Crippen LogP contribution in [0.25, 0.3) is 0 Å². The van der Waals surface area contributed by atoms with Crippen molar-refractivity contribution in [2.45, 2.75) is 31.3 Å². The Balaban J connectivity index is 2.08. The topological polar surface area (TPSA) is 121 Å². The normalized spacial score (nSPS) is 11.5. The van der Waals surface area contributed by atoms with Crippen LogP contribution in [0.1, 0.15) is 19.7 Å². The fourth-order valence-corrected chi connectivity index (χ4v) is 3.33. The van der Waals surface area contributed by atoms with Crippen LogP contribution in [0.15, 0.2) is 35.5 Å². The Kier molecular flexibility index (Phi) is 5.51. The molecule has 1 heterocycles. The van der Waals surface area contributed by atoms with E-state index in [1.165, 1.54) is 46.5 Å². The molecular formula is C15H18N6O3S. The summed E-state index contributed by atoms with van der Waals surface area (Å²) in [6, 6.07) is 7.55. The minimum atomic E-state index is -3.57. The van der Waals surface area contributed by atoms with Crippen LogP contribution in [0.4, 0.5) is 5.69 Å². The fraction of sp³-hybridized carbons (Fsp3) is 0.333. The molecule has 0 atom stereocenters. The molecule has 132 valence electrons. The first-order valence-electron chi connectivity index (χ1n) is 7.41. The monoisotopic (exact) mass is 362 g/mol. The molecule has 2 aromatic rings. The number of nitrogens with zero attached hydrogens (tertiary/aromatic N) is 5. The van der Waals surface area contributed by atoms with E-state index < -0.39 is 10.0 Å². The molecule has 0 aliphatic carbocycles. The van der Waals surface area contributed by atoms with Gasteiger partial charge >= 0.3 is 0 Å². The highest BCUT2D eigenvalue weighted by atomic mass is 32.2. The lowest BCUT2D eigenvalue weighted by Gasteiger charge is -2.21. The Labute approximate surface area is 145 Å². The highest BCUT2D eigenvalue weighted by Gasteiger charge is 2.22. The first-order valence-corrected chi connectivity index (χ1v) is 8.85. The second-order valence-corrected chi connectivity index (χ2v) is 7.58. The number of benzene rings is 1. The van der Waals surface area contributed by atoms with Gasteiger partial charge in [0.1, 0.15) is 18.9 Å². The number of amides is 1. The minimum Gasteiger partial charge on any atom is -0.325 e. The van der Waals surface area contributed by atoms with E-state index >= 15 is 0 Å². The van der Waals surface area contributed by atoms with Gasteiger partial charge in [0.2, 0.25) is 21.8 Å². The Morgan fingerprint density at radius 3 is 2.56 bits per heavy atom. The molecule has 1 aromatic heterocycles. The van der Waals surface area contributed by atoms with Crippen LogP contribution in [0.5, 0.6) is 0 Å². The van der Waals surface area contributed by atoms with Crippen LogP contribution in [-0.2, 0) is 21.4 Å². The summed E-state index contributed by atoms with van der Waals surface area (Å²) in [7, 11) is -2.05. The maximum Gasteiger partial charge on any atom is 0.244 e. The Morgan fingerprint density at radius 1 is 1.36 bits per heavy atom. The summed E-state index contributed by atoms with van der Waals surface area (Å²) in [4.78, 5) is 12.1. The number of carbonyl (C=O) groups excluding carboxylic acids is 1. The molecule has 1 amide bonds. The molecule has 25 heavy (non-hydrogen) atoms. The standard InChI is InChI=1S/C15H18N6O3S/c1-11(2)20(3)25(23,24)13-6-4-12(5-7-13)18-15(22)9-21-10-17-19-14(21)8-16/h4-7,10-11H,9H2,1-3H3,(H,18,22). The van der Waals surface area contributed by atoms with Crippen LogP contribution in [-0.4, -0.2) is 46.5 Å². The van der Waals surface area contributed by atoms with Crippen molar-refractivity contribution in [2.75, 3.05) is 12.4 Å². The van der Waals surface area contributed by atoms with Gasteiger partial charge in [0.05, 0.1) is 4.90 Å². The third kappa shape index (κ3) is 4.20. The van der Waals surface area contributed by atoms with Gasteiger partial charge < -0.3 is 5.32 Å². The Morgan fingerprint density at radius 2 is 2.00 bits per heavy atom. The zero-order valence-corrected chi connectivity index (χ0v) is 14.9. The number of anilines is 1. The zero-order valence-electron chi connectivity index (χ0n) is 14.0. The average Bonchev–Trinajstić information content (AvgIpc) is 3.01. The Hall–Kier alpha value is -2.77. The van der Waals surface area contributed by atoms with E-state index in [0.717, 1.165) is 0 Å². The summed E-state index contributed by atoms with van der Waals surface area (Å²) < 4.78 is 27.3. The number of hydrogen-bond donors (Lipinski definition) is 1. The van der Waals surface area contributed by atoms with Crippen molar-refractivity contribution < 1.29 is 13.2 Å². The number of carbonyl (C=O) groups is 1. The van der Waals surface area contributed by atoms with E-state index in [-0.39, 0.29) is 29.2 Å². The Bertz CT molecular complexity index is 896. The summed E-state index contributed by atoms with van der Waals surface area (Å²) in [5, 5.41) is 18.6. The van der Waals surface area contributed by atoms with Crippen molar-refractivity contribution in [3.05, 3.63) is 36.4 Å². The quantitative estimate of drug-likeness (QED) is 0.812. The molecule has 0 fully saturated rings. The summed E-state index contributed by atoms with van der Waals surface area (Å²) in [6.45, 7) is 3.45. The average molecular weight is 362 g/mol. The van der Waals surface area contributed by atoms with Gasteiger partial charge in [0.15, 0.2) is 0 Å². The predicted octanol–water partition coefficient (Wildman–Crippen LogP) is 0.817. The van der Waals surface area contributed by atoms with E-state index in [1.807, 2.05) is 6.07 Å². The van der Waals surface area contributed by atoms with Crippen LogP contribution in [0.2, 0.25) is 0 Å². The molecule has 0 spiro atoms. The van der Waals surface area contributed by atoms with Crippen LogP contribution >= 0.6 is 0 Å². The largest absolute Gasteiger partial charge is 0.325 e.